The number of aryl methyl sites for hydroxylation is 3. The maximum Gasteiger partial charge on any atom is 0.243 e. The molecule has 0 aromatic carbocycles. The van der Waals surface area contributed by atoms with Crippen molar-refractivity contribution in [2.75, 3.05) is 5.43 Å². The Bertz CT molecular complexity index is 566. The first-order valence-corrected chi connectivity index (χ1v) is 6.55. The van der Waals surface area contributed by atoms with E-state index in [1.807, 2.05) is 26.8 Å². The van der Waals surface area contributed by atoms with Gasteiger partial charge in [0, 0.05) is 16.3 Å². The van der Waals surface area contributed by atoms with Crippen LogP contribution >= 0.6 is 11.3 Å². The molecule has 2 aromatic rings. The van der Waals surface area contributed by atoms with E-state index in [-0.39, 0.29) is 0 Å². The molecule has 4 nitrogen and oxygen atoms in total. The van der Waals surface area contributed by atoms with Crippen molar-refractivity contribution in [3.05, 3.63) is 39.3 Å². The molecular weight excluding hydrogens is 244 g/mol. The summed E-state index contributed by atoms with van der Waals surface area (Å²) in [5, 5.41) is 4.31. The van der Waals surface area contributed by atoms with Crippen LogP contribution in [0.3, 0.4) is 0 Å². The molecule has 0 saturated heterocycles. The smallest absolute Gasteiger partial charge is 0.243 e. The van der Waals surface area contributed by atoms with E-state index in [1.54, 1.807) is 11.3 Å². The number of rotatable bonds is 3. The molecule has 0 aliphatic rings. The first-order chi connectivity index (χ1) is 8.54. The lowest BCUT2D eigenvalue weighted by atomic mass is 10.3. The molecule has 18 heavy (non-hydrogen) atoms. The largest absolute Gasteiger partial charge is 0.245 e. The lowest BCUT2D eigenvalue weighted by molar-refractivity contribution is 1.03. The highest BCUT2D eigenvalue weighted by Gasteiger charge is 2.02. The predicted octanol–water partition coefficient (Wildman–Crippen LogP) is 3.30. The summed E-state index contributed by atoms with van der Waals surface area (Å²) >= 11 is 1.73. The third-order valence-corrected chi connectivity index (χ3v) is 3.51. The second-order valence-corrected chi connectivity index (χ2v) is 5.48. The molecule has 0 aliphatic carbocycles. The molecule has 5 heteroatoms. The lowest BCUT2D eigenvalue weighted by Gasteiger charge is -2.02. The van der Waals surface area contributed by atoms with E-state index in [2.05, 4.69) is 39.6 Å². The average Bonchev–Trinajstić information content (AvgIpc) is 2.71. The van der Waals surface area contributed by atoms with Crippen LogP contribution in [0.15, 0.2) is 23.3 Å². The average molecular weight is 260 g/mol. The Morgan fingerprint density at radius 1 is 1.17 bits per heavy atom. The van der Waals surface area contributed by atoms with Crippen molar-refractivity contribution >= 4 is 23.0 Å². The zero-order chi connectivity index (χ0) is 13.1. The fourth-order valence-electron chi connectivity index (χ4n) is 1.59. The van der Waals surface area contributed by atoms with E-state index >= 15 is 0 Å². The van der Waals surface area contributed by atoms with E-state index in [0.29, 0.717) is 5.95 Å². The molecule has 0 amide bonds. The van der Waals surface area contributed by atoms with E-state index in [0.717, 1.165) is 22.0 Å². The first-order valence-electron chi connectivity index (χ1n) is 5.74. The molecule has 0 spiro atoms. The number of anilines is 1. The van der Waals surface area contributed by atoms with Crippen molar-refractivity contribution < 1.29 is 0 Å². The van der Waals surface area contributed by atoms with Crippen molar-refractivity contribution in [1.29, 1.82) is 0 Å². The number of hydrazone groups is 1. The van der Waals surface area contributed by atoms with Gasteiger partial charge in [0.2, 0.25) is 5.95 Å². The highest BCUT2D eigenvalue weighted by Crippen LogP contribution is 2.16. The SMILES string of the molecule is C/C(=N/Nc1nc(C)cc(C)n1)c1ccc(C)s1. The fraction of sp³-hybridized carbons (Fsp3) is 0.308. The fourth-order valence-corrected chi connectivity index (χ4v) is 2.41. The molecule has 0 atom stereocenters. The summed E-state index contributed by atoms with van der Waals surface area (Å²) in [7, 11) is 0. The standard InChI is InChI=1S/C13H16N4S/c1-8-7-9(2)15-13(14-8)17-16-11(4)12-6-5-10(3)18-12/h5-7H,1-4H3,(H,14,15,17)/b16-11-. The summed E-state index contributed by atoms with van der Waals surface area (Å²) in [5.74, 6) is 0.542. The third kappa shape index (κ3) is 3.13. The van der Waals surface area contributed by atoms with Crippen LogP contribution in [0.4, 0.5) is 5.95 Å². The summed E-state index contributed by atoms with van der Waals surface area (Å²) in [6.07, 6.45) is 0. The van der Waals surface area contributed by atoms with Gasteiger partial charge in [-0.3, -0.25) is 0 Å². The number of thiophene rings is 1. The molecule has 0 aliphatic heterocycles. The van der Waals surface area contributed by atoms with Gasteiger partial charge in [-0.05, 0) is 45.9 Å². The third-order valence-electron chi connectivity index (χ3n) is 2.40. The van der Waals surface area contributed by atoms with Crippen LogP contribution in [0.25, 0.3) is 0 Å². The van der Waals surface area contributed by atoms with Crippen LogP contribution in [0.1, 0.15) is 28.1 Å². The van der Waals surface area contributed by atoms with E-state index < -0.39 is 0 Å². The van der Waals surface area contributed by atoms with Crippen LogP contribution in [0, 0.1) is 20.8 Å². The molecule has 0 fully saturated rings. The molecule has 0 saturated carbocycles. The number of nitrogens with one attached hydrogen (secondary N) is 1. The van der Waals surface area contributed by atoms with Gasteiger partial charge < -0.3 is 0 Å². The zero-order valence-corrected chi connectivity index (χ0v) is 11.8. The van der Waals surface area contributed by atoms with Crippen molar-refractivity contribution in [2.45, 2.75) is 27.7 Å². The minimum atomic E-state index is 0.542. The minimum Gasteiger partial charge on any atom is -0.245 e. The number of hydrogen-bond acceptors (Lipinski definition) is 5. The normalized spacial score (nSPS) is 11.7. The van der Waals surface area contributed by atoms with Gasteiger partial charge in [0.15, 0.2) is 0 Å². The second-order valence-electron chi connectivity index (χ2n) is 4.19. The molecule has 0 unspecified atom stereocenters. The molecule has 1 N–H and O–H groups in total. The molecule has 0 bridgehead atoms. The van der Waals surface area contributed by atoms with Gasteiger partial charge in [0.25, 0.3) is 0 Å². The second kappa shape index (κ2) is 5.27. The van der Waals surface area contributed by atoms with Crippen LogP contribution in [-0.4, -0.2) is 15.7 Å². The van der Waals surface area contributed by atoms with Gasteiger partial charge in [-0.25, -0.2) is 15.4 Å². The summed E-state index contributed by atoms with van der Waals surface area (Å²) in [6, 6.07) is 6.10. The van der Waals surface area contributed by atoms with Gasteiger partial charge in [0.05, 0.1) is 10.6 Å². The predicted molar refractivity (Wildman–Crippen MR) is 76.4 cm³/mol. The molecular formula is C13H16N4S. The van der Waals surface area contributed by atoms with E-state index in [1.165, 1.54) is 4.88 Å². The number of hydrogen-bond donors (Lipinski definition) is 1. The van der Waals surface area contributed by atoms with Gasteiger partial charge in [-0.15, -0.1) is 11.3 Å². The van der Waals surface area contributed by atoms with E-state index in [4.69, 9.17) is 0 Å². The lowest BCUT2D eigenvalue weighted by Crippen LogP contribution is -2.02. The Morgan fingerprint density at radius 2 is 1.83 bits per heavy atom. The van der Waals surface area contributed by atoms with Crippen molar-refractivity contribution in [3.8, 4) is 0 Å². The monoisotopic (exact) mass is 260 g/mol. The molecule has 2 heterocycles. The highest BCUT2D eigenvalue weighted by molar-refractivity contribution is 7.14. The van der Waals surface area contributed by atoms with Crippen molar-refractivity contribution in [3.63, 3.8) is 0 Å². The molecule has 0 radical (unpaired) electrons. The minimum absolute atomic E-state index is 0.542. The quantitative estimate of drug-likeness (QED) is 0.680. The van der Waals surface area contributed by atoms with Crippen LogP contribution in [0.5, 0.6) is 0 Å². The van der Waals surface area contributed by atoms with Gasteiger partial charge >= 0.3 is 0 Å². The van der Waals surface area contributed by atoms with Crippen molar-refractivity contribution in [1.82, 2.24) is 9.97 Å². The Morgan fingerprint density at radius 3 is 2.39 bits per heavy atom. The summed E-state index contributed by atoms with van der Waals surface area (Å²) in [6.45, 7) is 7.95. The summed E-state index contributed by atoms with van der Waals surface area (Å²) in [5.41, 5.74) is 5.72. The number of aromatic nitrogens is 2. The summed E-state index contributed by atoms with van der Waals surface area (Å²) < 4.78 is 0. The first kappa shape index (κ1) is 12.7. The Hall–Kier alpha value is -1.75. The van der Waals surface area contributed by atoms with Crippen LogP contribution in [-0.2, 0) is 0 Å². The maximum atomic E-state index is 4.31. The summed E-state index contributed by atoms with van der Waals surface area (Å²) in [4.78, 5) is 11.0. The van der Waals surface area contributed by atoms with Gasteiger partial charge in [-0.1, -0.05) is 0 Å². The molecule has 94 valence electrons. The van der Waals surface area contributed by atoms with Gasteiger partial charge in [0.1, 0.15) is 0 Å². The van der Waals surface area contributed by atoms with Crippen molar-refractivity contribution in [2.24, 2.45) is 5.10 Å². The van der Waals surface area contributed by atoms with Crippen LogP contribution in [0.2, 0.25) is 0 Å². The highest BCUT2D eigenvalue weighted by atomic mass is 32.1. The molecule has 2 aromatic heterocycles. The maximum absolute atomic E-state index is 4.31. The Labute approximate surface area is 111 Å². The topological polar surface area (TPSA) is 50.2 Å². The zero-order valence-electron chi connectivity index (χ0n) is 11.0. The Kier molecular flexibility index (Phi) is 3.72. The Balaban J connectivity index is 2.14. The van der Waals surface area contributed by atoms with E-state index in [9.17, 15) is 0 Å². The van der Waals surface area contributed by atoms with Crippen LogP contribution < -0.4 is 5.43 Å². The molecule has 2 rings (SSSR count). The van der Waals surface area contributed by atoms with Gasteiger partial charge in [-0.2, -0.15) is 5.10 Å². The number of nitrogens with zero attached hydrogens (tertiary/aromatic N) is 3.